The van der Waals surface area contributed by atoms with E-state index in [1.165, 1.54) is 30.5 Å². The molecule has 1 aromatic carbocycles. The van der Waals surface area contributed by atoms with Gasteiger partial charge < -0.3 is 10.6 Å². The van der Waals surface area contributed by atoms with Crippen molar-refractivity contribution in [1.29, 1.82) is 0 Å². The molecule has 0 radical (unpaired) electrons. The van der Waals surface area contributed by atoms with Gasteiger partial charge in [-0.3, -0.25) is 0 Å². The lowest BCUT2D eigenvalue weighted by molar-refractivity contribution is 0.575. The Morgan fingerprint density at radius 3 is 2.65 bits per heavy atom. The number of thiazole rings is 1. The first kappa shape index (κ1) is 13.6. The van der Waals surface area contributed by atoms with Gasteiger partial charge in [0.2, 0.25) is 0 Å². The van der Waals surface area contributed by atoms with Crippen LogP contribution >= 0.6 is 11.3 Å². The van der Waals surface area contributed by atoms with Gasteiger partial charge in [0.25, 0.3) is 0 Å². The van der Waals surface area contributed by atoms with Gasteiger partial charge in [-0.05, 0) is 37.8 Å². The van der Waals surface area contributed by atoms with E-state index in [0.29, 0.717) is 0 Å². The number of piperidine rings is 1. The molecule has 1 atom stereocenters. The number of nitrogens with zero attached hydrogens (tertiary/aromatic N) is 2. The van der Waals surface area contributed by atoms with Crippen LogP contribution in [0.25, 0.3) is 0 Å². The van der Waals surface area contributed by atoms with E-state index in [9.17, 15) is 0 Å². The zero-order valence-electron chi connectivity index (χ0n) is 11.9. The summed E-state index contributed by atoms with van der Waals surface area (Å²) in [4.78, 5) is 7.95. The van der Waals surface area contributed by atoms with Crippen molar-refractivity contribution >= 4 is 17.0 Å². The van der Waals surface area contributed by atoms with Crippen molar-refractivity contribution in [3.05, 3.63) is 45.9 Å². The summed E-state index contributed by atoms with van der Waals surface area (Å²) in [6.07, 6.45) is 5.82. The van der Waals surface area contributed by atoms with E-state index < -0.39 is 0 Å². The van der Waals surface area contributed by atoms with Gasteiger partial charge in [0.15, 0.2) is 0 Å². The summed E-state index contributed by atoms with van der Waals surface area (Å²) in [5, 5.41) is 1.07. The third kappa shape index (κ3) is 2.72. The fourth-order valence-corrected chi connectivity index (χ4v) is 3.65. The Labute approximate surface area is 124 Å². The van der Waals surface area contributed by atoms with Crippen molar-refractivity contribution in [1.82, 2.24) is 4.98 Å². The Morgan fingerprint density at radius 1 is 1.20 bits per heavy atom. The topological polar surface area (TPSA) is 42.1 Å². The highest BCUT2D eigenvalue weighted by Gasteiger charge is 2.19. The Morgan fingerprint density at radius 2 is 1.95 bits per heavy atom. The molecule has 3 nitrogen and oxygen atoms in total. The first-order chi connectivity index (χ1) is 9.75. The van der Waals surface area contributed by atoms with Crippen LogP contribution < -0.4 is 10.6 Å². The summed E-state index contributed by atoms with van der Waals surface area (Å²) in [6, 6.07) is 8.48. The maximum atomic E-state index is 6.48. The number of para-hydroxylation sites is 1. The Balaban J connectivity index is 1.92. The van der Waals surface area contributed by atoms with Crippen molar-refractivity contribution in [2.24, 2.45) is 5.73 Å². The van der Waals surface area contributed by atoms with Crippen LogP contribution in [-0.4, -0.2) is 18.1 Å². The van der Waals surface area contributed by atoms with E-state index in [1.54, 1.807) is 11.3 Å². The van der Waals surface area contributed by atoms with Gasteiger partial charge in [0.05, 0.1) is 11.0 Å². The third-order valence-corrected chi connectivity index (χ3v) is 4.91. The van der Waals surface area contributed by atoms with Crippen molar-refractivity contribution in [2.45, 2.75) is 32.2 Å². The highest BCUT2D eigenvalue weighted by atomic mass is 32.1. The second kappa shape index (κ2) is 5.94. The molecule has 1 aliphatic rings. The predicted molar refractivity (Wildman–Crippen MR) is 85.4 cm³/mol. The molecular formula is C16H21N3S. The number of anilines is 1. The maximum Gasteiger partial charge on any atom is 0.0897 e. The molecule has 20 heavy (non-hydrogen) atoms. The molecule has 0 amide bonds. The summed E-state index contributed by atoms with van der Waals surface area (Å²) >= 11 is 1.69. The number of hydrogen-bond donors (Lipinski definition) is 1. The van der Waals surface area contributed by atoms with Gasteiger partial charge in [-0.25, -0.2) is 4.98 Å². The van der Waals surface area contributed by atoms with E-state index in [2.05, 4.69) is 34.1 Å². The zero-order chi connectivity index (χ0) is 13.9. The highest BCUT2D eigenvalue weighted by Crippen LogP contribution is 2.32. The molecule has 1 unspecified atom stereocenters. The van der Waals surface area contributed by atoms with Crippen LogP contribution in [0.5, 0.6) is 0 Å². The van der Waals surface area contributed by atoms with E-state index in [1.807, 2.05) is 13.1 Å². The average molecular weight is 287 g/mol. The summed E-state index contributed by atoms with van der Waals surface area (Å²) < 4.78 is 0. The van der Waals surface area contributed by atoms with Crippen LogP contribution in [0.2, 0.25) is 0 Å². The average Bonchev–Trinajstić information content (AvgIpc) is 2.94. The van der Waals surface area contributed by atoms with Crippen LogP contribution in [0.1, 0.15) is 40.8 Å². The molecule has 4 heteroatoms. The standard InChI is InChI=1S/C16H21N3S/c1-12-18-11-15(20-12)16(17)13-7-3-4-8-14(13)19-9-5-2-6-10-19/h3-4,7-8,11,16H,2,5-6,9-10,17H2,1H3. The molecule has 3 rings (SSSR count). The summed E-state index contributed by atoms with van der Waals surface area (Å²) in [5.41, 5.74) is 9.00. The minimum Gasteiger partial charge on any atom is -0.371 e. The number of hydrogen-bond acceptors (Lipinski definition) is 4. The minimum atomic E-state index is -0.0701. The first-order valence-corrected chi connectivity index (χ1v) is 8.09. The van der Waals surface area contributed by atoms with E-state index in [-0.39, 0.29) is 6.04 Å². The van der Waals surface area contributed by atoms with E-state index in [0.717, 1.165) is 23.0 Å². The lowest BCUT2D eigenvalue weighted by atomic mass is 10.0. The molecule has 2 N–H and O–H groups in total. The largest absolute Gasteiger partial charge is 0.371 e. The maximum absolute atomic E-state index is 6.48. The van der Waals surface area contributed by atoms with Gasteiger partial charge in [-0.1, -0.05) is 18.2 Å². The van der Waals surface area contributed by atoms with Gasteiger partial charge in [-0.15, -0.1) is 11.3 Å². The van der Waals surface area contributed by atoms with Crippen molar-refractivity contribution in [2.75, 3.05) is 18.0 Å². The number of aryl methyl sites for hydroxylation is 1. The number of benzene rings is 1. The summed E-state index contributed by atoms with van der Waals surface area (Å²) in [7, 11) is 0. The fourth-order valence-electron chi connectivity index (χ4n) is 2.85. The fraction of sp³-hybridized carbons (Fsp3) is 0.438. The van der Waals surface area contributed by atoms with Crippen LogP contribution in [0.15, 0.2) is 30.5 Å². The summed E-state index contributed by atoms with van der Waals surface area (Å²) in [5.74, 6) is 0. The zero-order valence-corrected chi connectivity index (χ0v) is 12.7. The van der Waals surface area contributed by atoms with Gasteiger partial charge in [0.1, 0.15) is 0 Å². The van der Waals surface area contributed by atoms with Crippen LogP contribution in [0.4, 0.5) is 5.69 Å². The molecule has 0 saturated carbocycles. The molecule has 1 aliphatic heterocycles. The molecular weight excluding hydrogens is 266 g/mol. The molecule has 2 aromatic rings. The number of aromatic nitrogens is 1. The lowest BCUT2D eigenvalue weighted by Crippen LogP contribution is -2.31. The Kier molecular flexibility index (Phi) is 4.03. The lowest BCUT2D eigenvalue weighted by Gasteiger charge is -2.31. The minimum absolute atomic E-state index is 0.0701. The molecule has 1 aromatic heterocycles. The molecule has 0 aliphatic carbocycles. The molecule has 1 fully saturated rings. The van der Waals surface area contributed by atoms with Gasteiger partial charge in [0, 0.05) is 29.9 Å². The SMILES string of the molecule is Cc1ncc(C(N)c2ccccc2N2CCCCC2)s1. The smallest absolute Gasteiger partial charge is 0.0897 e. The van der Waals surface area contributed by atoms with Crippen LogP contribution in [0.3, 0.4) is 0 Å². The molecule has 0 bridgehead atoms. The second-order valence-electron chi connectivity index (χ2n) is 5.37. The number of rotatable bonds is 3. The molecule has 0 spiro atoms. The summed E-state index contributed by atoms with van der Waals surface area (Å²) in [6.45, 7) is 4.31. The second-order valence-corrected chi connectivity index (χ2v) is 6.63. The Bertz CT molecular complexity index is 573. The number of nitrogens with two attached hydrogens (primary N) is 1. The monoisotopic (exact) mass is 287 g/mol. The first-order valence-electron chi connectivity index (χ1n) is 7.27. The highest BCUT2D eigenvalue weighted by molar-refractivity contribution is 7.11. The quantitative estimate of drug-likeness (QED) is 0.939. The third-order valence-electron chi connectivity index (χ3n) is 3.91. The molecule has 2 heterocycles. The molecule has 106 valence electrons. The van der Waals surface area contributed by atoms with E-state index >= 15 is 0 Å². The van der Waals surface area contributed by atoms with E-state index in [4.69, 9.17) is 5.73 Å². The molecule has 1 saturated heterocycles. The van der Waals surface area contributed by atoms with Crippen LogP contribution in [0, 0.1) is 6.92 Å². The Hall–Kier alpha value is -1.39. The van der Waals surface area contributed by atoms with Gasteiger partial charge in [-0.2, -0.15) is 0 Å². The van der Waals surface area contributed by atoms with Crippen LogP contribution in [-0.2, 0) is 0 Å². The normalized spacial score (nSPS) is 17.2. The van der Waals surface area contributed by atoms with Crippen molar-refractivity contribution < 1.29 is 0 Å². The predicted octanol–water partition coefficient (Wildman–Crippen LogP) is 3.49. The van der Waals surface area contributed by atoms with Crippen molar-refractivity contribution in [3.8, 4) is 0 Å². The van der Waals surface area contributed by atoms with Gasteiger partial charge >= 0.3 is 0 Å². The van der Waals surface area contributed by atoms with Crippen molar-refractivity contribution in [3.63, 3.8) is 0 Å².